The number of sulfonamides is 1. The zero-order valence-electron chi connectivity index (χ0n) is 16.3. The van der Waals surface area contributed by atoms with Gasteiger partial charge in [-0.2, -0.15) is 13.5 Å². The molecule has 3 rings (SSSR count). The zero-order valence-corrected chi connectivity index (χ0v) is 17.2. The minimum atomic E-state index is -4.01. The fourth-order valence-corrected chi connectivity index (χ4v) is 3.93. The maximum atomic E-state index is 13.0. The minimum absolute atomic E-state index is 0.0714. The standard InChI is InChI=1S/C20H22N4O4S/c1-4-28-17-11-7-15(8-12-17)22-19(25)18-13-21-23-20(18)29(26,27)24(3)16-9-5-14(2)6-10-16/h5-13H,4H2,1-3H3,(H,21,23)(H,22,25). The molecule has 0 atom stereocenters. The van der Waals surface area contributed by atoms with E-state index in [4.69, 9.17) is 4.74 Å². The van der Waals surface area contributed by atoms with E-state index in [2.05, 4.69) is 15.5 Å². The van der Waals surface area contributed by atoms with Crippen LogP contribution < -0.4 is 14.4 Å². The van der Waals surface area contributed by atoms with E-state index in [9.17, 15) is 13.2 Å². The van der Waals surface area contributed by atoms with Gasteiger partial charge in [0.1, 0.15) is 5.75 Å². The Balaban J connectivity index is 1.83. The van der Waals surface area contributed by atoms with Crippen LogP contribution in [-0.4, -0.2) is 38.2 Å². The number of nitrogens with one attached hydrogen (secondary N) is 2. The lowest BCUT2D eigenvalue weighted by Gasteiger charge is -2.19. The van der Waals surface area contributed by atoms with E-state index in [0.29, 0.717) is 23.7 Å². The summed E-state index contributed by atoms with van der Waals surface area (Å²) in [6.45, 7) is 4.33. The van der Waals surface area contributed by atoms with Crippen LogP contribution in [0.1, 0.15) is 22.8 Å². The van der Waals surface area contributed by atoms with Crippen LogP contribution in [0.15, 0.2) is 59.8 Å². The molecule has 1 amide bonds. The van der Waals surface area contributed by atoms with Gasteiger partial charge in [-0.05, 0) is 50.2 Å². The monoisotopic (exact) mass is 414 g/mol. The number of aromatic nitrogens is 2. The number of hydrogen-bond donors (Lipinski definition) is 2. The van der Waals surface area contributed by atoms with E-state index in [1.165, 1.54) is 13.2 Å². The summed E-state index contributed by atoms with van der Waals surface area (Å²) in [6, 6.07) is 13.8. The van der Waals surface area contributed by atoms with Gasteiger partial charge in [0.25, 0.3) is 15.9 Å². The number of rotatable bonds is 7. The van der Waals surface area contributed by atoms with E-state index in [1.54, 1.807) is 36.4 Å². The summed E-state index contributed by atoms with van der Waals surface area (Å²) in [4.78, 5) is 12.7. The predicted molar refractivity (Wildman–Crippen MR) is 111 cm³/mol. The summed E-state index contributed by atoms with van der Waals surface area (Å²) < 4.78 is 32.5. The largest absolute Gasteiger partial charge is 0.494 e. The molecular formula is C20H22N4O4S. The van der Waals surface area contributed by atoms with Gasteiger partial charge in [0, 0.05) is 12.7 Å². The molecule has 3 aromatic rings. The number of nitrogens with zero attached hydrogens (tertiary/aromatic N) is 2. The lowest BCUT2D eigenvalue weighted by atomic mass is 10.2. The molecule has 0 bridgehead atoms. The Morgan fingerprint density at radius 1 is 1.14 bits per heavy atom. The van der Waals surface area contributed by atoms with Gasteiger partial charge in [0.05, 0.1) is 24.1 Å². The van der Waals surface area contributed by atoms with Crippen molar-refractivity contribution < 1.29 is 17.9 Å². The van der Waals surface area contributed by atoms with Gasteiger partial charge in [-0.3, -0.25) is 14.2 Å². The molecule has 0 aliphatic heterocycles. The summed E-state index contributed by atoms with van der Waals surface area (Å²) >= 11 is 0. The molecule has 0 aliphatic carbocycles. The van der Waals surface area contributed by atoms with Crippen LogP contribution in [0, 0.1) is 6.92 Å². The number of ether oxygens (including phenoxy) is 1. The summed E-state index contributed by atoms with van der Waals surface area (Å²) in [5, 5.41) is 8.61. The van der Waals surface area contributed by atoms with E-state index in [0.717, 1.165) is 9.87 Å². The van der Waals surface area contributed by atoms with Crippen molar-refractivity contribution in [1.29, 1.82) is 0 Å². The summed E-state index contributed by atoms with van der Waals surface area (Å²) in [5.41, 5.74) is 1.92. The van der Waals surface area contributed by atoms with Crippen molar-refractivity contribution in [3.63, 3.8) is 0 Å². The van der Waals surface area contributed by atoms with Crippen molar-refractivity contribution in [3.05, 3.63) is 65.9 Å². The maximum Gasteiger partial charge on any atom is 0.281 e. The molecule has 0 saturated heterocycles. The molecule has 0 aliphatic rings. The van der Waals surface area contributed by atoms with Crippen LogP contribution >= 0.6 is 0 Å². The lowest BCUT2D eigenvalue weighted by molar-refractivity contribution is 0.102. The van der Waals surface area contributed by atoms with E-state index >= 15 is 0 Å². The molecule has 9 heteroatoms. The Labute approximate surface area is 169 Å². The fourth-order valence-electron chi connectivity index (χ4n) is 2.66. The molecule has 0 fully saturated rings. The number of anilines is 2. The van der Waals surface area contributed by atoms with Gasteiger partial charge in [0.15, 0.2) is 5.03 Å². The first-order valence-corrected chi connectivity index (χ1v) is 10.4. The van der Waals surface area contributed by atoms with Crippen LogP contribution in [0.3, 0.4) is 0 Å². The number of aryl methyl sites for hydroxylation is 1. The molecule has 2 aromatic carbocycles. The highest BCUT2D eigenvalue weighted by molar-refractivity contribution is 7.92. The van der Waals surface area contributed by atoms with Crippen molar-refractivity contribution in [2.45, 2.75) is 18.9 Å². The first-order chi connectivity index (χ1) is 13.8. The SMILES string of the molecule is CCOc1ccc(NC(=O)c2cn[nH]c2S(=O)(=O)N(C)c2ccc(C)cc2)cc1. The molecule has 0 saturated carbocycles. The molecule has 152 valence electrons. The van der Waals surface area contributed by atoms with E-state index < -0.39 is 15.9 Å². The highest BCUT2D eigenvalue weighted by Gasteiger charge is 2.29. The minimum Gasteiger partial charge on any atom is -0.494 e. The van der Waals surface area contributed by atoms with Gasteiger partial charge >= 0.3 is 0 Å². The third kappa shape index (κ3) is 4.40. The summed E-state index contributed by atoms with van der Waals surface area (Å²) in [7, 11) is -2.58. The smallest absolute Gasteiger partial charge is 0.281 e. The van der Waals surface area contributed by atoms with Gasteiger partial charge in [-0.1, -0.05) is 17.7 Å². The Morgan fingerprint density at radius 2 is 1.79 bits per heavy atom. The van der Waals surface area contributed by atoms with Crippen LogP contribution in [0.5, 0.6) is 5.75 Å². The lowest BCUT2D eigenvalue weighted by Crippen LogP contribution is -2.29. The average molecular weight is 414 g/mol. The number of aromatic amines is 1. The zero-order chi connectivity index (χ0) is 21.0. The third-order valence-corrected chi connectivity index (χ3v) is 6.05. The number of amides is 1. The molecule has 8 nitrogen and oxygen atoms in total. The first-order valence-electron chi connectivity index (χ1n) is 8.96. The number of hydrogen-bond acceptors (Lipinski definition) is 5. The van der Waals surface area contributed by atoms with Crippen molar-refractivity contribution in [3.8, 4) is 5.75 Å². The van der Waals surface area contributed by atoms with Crippen LogP contribution in [0.2, 0.25) is 0 Å². The maximum absolute atomic E-state index is 13.0. The van der Waals surface area contributed by atoms with Crippen molar-refractivity contribution >= 4 is 27.3 Å². The first kappa shape index (κ1) is 20.4. The van der Waals surface area contributed by atoms with Crippen molar-refractivity contribution in [2.75, 3.05) is 23.3 Å². The highest BCUT2D eigenvalue weighted by atomic mass is 32.2. The number of benzene rings is 2. The number of carbonyl (C=O) groups is 1. The van der Waals surface area contributed by atoms with E-state index in [1.807, 2.05) is 26.0 Å². The molecule has 1 heterocycles. The molecule has 0 radical (unpaired) electrons. The van der Waals surface area contributed by atoms with Crippen LogP contribution in [0.25, 0.3) is 0 Å². The molecule has 0 spiro atoms. The normalized spacial score (nSPS) is 11.1. The number of carbonyl (C=O) groups excluding carboxylic acids is 1. The fraction of sp³-hybridized carbons (Fsp3) is 0.200. The van der Waals surface area contributed by atoms with Crippen LogP contribution in [0.4, 0.5) is 11.4 Å². The van der Waals surface area contributed by atoms with Crippen LogP contribution in [-0.2, 0) is 10.0 Å². The Morgan fingerprint density at radius 3 is 2.41 bits per heavy atom. The van der Waals surface area contributed by atoms with Crippen molar-refractivity contribution in [1.82, 2.24) is 10.2 Å². The Bertz CT molecular complexity index is 1090. The highest BCUT2D eigenvalue weighted by Crippen LogP contribution is 2.24. The van der Waals surface area contributed by atoms with E-state index in [-0.39, 0.29) is 10.6 Å². The molecule has 2 N–H and O–H groups in total. The topological polar surface area (TPSA) is 104 Å². The summed E-state index contributed by atoms with van der Waals surface area (Å²) in [5.74, 6) is 0.0931. The Hall–Kier alpha value is -3.33. The number of H-pyrrole nitrogens is 1. The summed E-state index contributed by atoms with van der Waals surface area (Å²) in [6.07, 6.45) is 1.19. The molecule has 1 aromatic heterocycles. The third-order valence-electron chi connectivity index (χ3n) is 4.29. The quantitative estimate of drug-likeness (QED) is 0.618. The second kappa shape index (κ2) is 8.36. The average Bonchev–Trinajstić information content (AvgIpc) is 3.21. The van der Waals surface area contributed by atoms with Gasteiger partial charge in [0.2, 0.25) is 0 Å². The van der Waals surface area contributed by atoms with Crippen molar-refractivity contribution in [2.24, 2.45) is 0 Å². The second-order valence-corrected chi connectivity index (χ2v) is 8.24. The van der Waals surface area contributed by atoms with Gasteiger partial charge < -0.3 is 10.1 Å². The molecular weight excluding hydrogens is 392 g/mol. The molecule has 29 heavy (non-hydrogen) atoms. The Kier molecular flexibility index (Phi) is 5.88. The predicted octanol–water partition coefficient (Wildman–Crippen LogP) is 3.19. The van der Waals surface area contributed by atoms with Gasteiger partial charge in [-0.15, -0.1) is 0 Å². The molecule has 0 unspecified atom stereocenters. The van der Waals surface area contributed by atoms with Gasteiger partial charge in [-0.25, -0.2) is 0 Å². The second-order valence-electron chi connectivity index (χ2n) is 6.33.